The Labute approximate surface area is 147 Å². The number of methoxy groups -OCH3 is 1. The van der Waals surface area contributed by atoms with Crippen LogP contribution in [0.2, 0.25) is 0 Å². The minimum absolute atomic E-state index is 0.00872. The van der Waals surface area contributed by atoms with Crippen molar-refractivity contribution in [2.45, 2.75) is 18.7 Å². The van der Waals surface area contributed by atoms with Gasteiger partial charge in [0.05, 0.1) is 12.6 Å². The number of nitrogens with one attached hydrogen (secondary N) is 1. The first-order valence-corrected chi connectivity index (χ1v) is 8.37. The first-order chi connectivity index (χ1) is 11.4. The fraction of sp³-hybridized carbons (Fsp3) is 0.529. The molecule has 0 aliphatic carbocycles. The minimum atomic E-state index is -0.860. The topological polar surface area (TPSA) is 54.0 Å². The maximum absolute atomic E-state index is 13.0. The fourth-order valence-electron chi connectivity index (χ4n) is 3.56. The van der Waals surface area contributed by atoms with Gasteiger partial charge in [0.1, 0.15) is 11.7 Å². The SMILES string of the molecule is COCCN1C(=S)N[C@@H]2c3ccccc3O[C@]1(C)[C@H]2C(=O)N(C)C. The molecule has 2 aliphatic rings. The van der Waals surface area contributed by atoms with E-state index < -0.39 is 11.6 Å². The molecule has 0 unspecified atom stereocenters. The van der Waals surface area contributed by atoms with Gasteiger partial charge in [-0.15, -0.1) is 0 Å². The van der Waals surface area contributed by atoms with E-state index in [1.54, 1.807) is 26.1 Å². The molecule has 6 nitrogen and oxygen atoms in total. The predicted molar refractivity (Wildman–Crippen MR) is 94.7 cm³/mol. The van der Waals surface area contributed by atoms with E-state index in [1.807, 2.05) is 36.1 Å². The summed E-state index contributed by atoms with van der Waals surface area (Å²) in [5.41, 5.74) is 0.102. The third kappa shape index (κ3) is 2.52. The van der Waals surface area contributed by atoms with E-state index in [1.165, 1.54) is 0 Å². The third-order valence-electron chi connectivity index (χ3n) is 4.77. The van der Waals surface area contributed by atoms with Crippen LogP contribution in [0.25, 0.3) is 0 Å². The van der Waals surface area contributed by atoms with Gasteiger partial charge in [-0.3, -0.25) is 4.79 Å². The smallest absolute Gasteiger partial charge is 0.233 e. The summed E-state index contributed by atoms with van der Waals surface area (Å²) in [5.74, 6) is 0.380. The van der Waals surface area contributed by atoms with Gasteiger partial charge in [-0.05, 0) is 25.2 Å². The summed E-state index contributed by atoms with van der Waals surface area (Å²) in [6, 6.07) is 7.59. The second-order valence-corrected chi connectivity index (χ2v) is 6.86. The number of hydrogen-bond donors (Lipinski definition) is 1. The summed E-state index contributed by atoms with van der Waals surface area (Å²) in [6.07, 6.45) is 0. The number of thiocarbonyl (C=S) groups is 1. The van der Waals surface area contributed by atoms with Crippen LogP contribution in [-0.2, 0) is 9.53 Å². The van der Waals surface area contributed by atoms with Crippen LogP contribution in [-0.4, -0.2) is 60.9 Å². The van der Waals surface area contributed by atoms with Crippen molar-refractivity contribution in [1.82, 2.24) is 15.1 Å². The molecule has 1 aromatic rings. The molecule has 0 aromatic heterocycles. The second kappa shape index (κ2) is 6.22. The number of benzene rings is 1. The number of hydrogen-bond acceptors (Lipinski definition) is 4. The van der Waals surface area contributed by atoms with Gasteiger partial charge in [0, 0.05) is 33.3 Å². The van der Waals surface area contributed by atoms with Crippen molar-refractivity contribution >= 4 is 23.2 Å². The van der Waals surface area contributed by atoms with Crippen molar-refractivity contribution in [2.24, 2.45) is 5.92 Å². The Morgan fingerprint density at radius 3 is 2.83 bits per heavy atom. The second-order valence-electron chi connectivity index (χ2n) is 6.48. The molecule has 0 saturated carbocycles. The molecule has 1 saturated heterocycles. The van der Waals surface area contributed by atoms with Crippen LogP contribution in [0.5, 0.6) is 5.75 Å². The first kappa shape index (κ1) is 17.0. The number of ether oxygens (including phenoxy) is 2. The number of nitrogens with zero attached hydrogens (tertiary/aromatic N) is 2. The monoisotopic (exact) mass is 349 g/mol. The van der Waals surface area contributed by atoms with Crippen molar-refractivity contribution in [3.8, 4) is 5.75 Å². The molecule has 24 heavy (non-hydrogen) atoms. The van der Waals surface area contributed by atoms with Crippen molar-refractivity contribution in [1.29, 1.82) is 0 Å². The molecule has 130 valence electrons. The Morgan fingerprint density at radius 2 is 2.17 bits per heavy atom. The molecule has 1 fully saturated rings. The number of fused-ring (bicyclic) bond motifs is 4. The minimum Gasteiger partial charge on any atom is -0.467 e. The van der Waals surface area contributed by atoms with Crippen LogP contribution in [0.4, 0.5) is 0 Å². The van der Waals surface area contributed by atoms with E-state index in [2.05, 4.69) is 5.32 Å². The van der Waals surface area contributed by atoms with E-state index >= 15 is 0 Å². The summed E-state index contributed by atoms with van der Waals surface area (Å²) < 4.78 is 11.6. The molecule has 2 aliphatic heterocycles. The average Bonchev–Trinajstić information content (AvgIpc) is 2.53. The third-order valence-corrected chi connectivity index (χ3v) is 5.11. The van der Waals surface area contributed by atoms with E-state index in [0.29, 0.717) is 18.3 Å². The van der Waals surface area contributed by atoms with Crippen LogP contribution in [0.15, 0.2) is 24.3 Å². The molecule has 3 atom stereocenters. The highest BCUT2D eigenvalue weighted by Gasteiger charge is 2.58. The van der Waals surface area contributed by atoms with Crippen LogP contribution in [0, 0.1) is 5.92 Å². The van der Waals surface area contributed by atoms with Gasteiger partial charge in [-0.2, -0.15) is 0 Å². The lowest BCUT2D eigenvalue weighted by atomic mass is 9.78. The Morgan fingerprint density at radius 1 is 1.46 bits per heavy atom. The number of para-hydroxylation sites is 1. The van der Waals surface area contributed by atoms with Gasteiger partial charge in [0.2, 0.25) is 5.91 Å². The summed E-state index contributed by atoms with van der Waals surface area (Å²) in [5, 5.41) is 3.93. The lowest BCUT2D eigenvalue weighted by Gasteiger charge is -2.56. The predicted octanol–water partition coefficient (Wildman–Crippen LogP) is 1.38. The molecular formula is C17H23N3O3S. The highest BCUT2D eigenvalue weighted by Crippen LogP contribution is 2.48. The Bertz CT molecular complexity index is 666. The molecule has 3 rings (SSSR count). The van der Waals surface area contributed by atoms with Gasteiger partial charge < -0.3 is 24.6 Å². The molecule has 1 N–H and O–H groups in total. The summed E-state index contributed by atoms with van der Waals surface area (Å²) in [7, 11) is 5.17. The first-order valence-electron chi connectivity index (χ1n) is 7.96. The van der Waals surface area contributed by atoms with Crippen LogP contribution in [0.1, 0.15) is 18.5 Å². The van der Waals surface area contributed by atoms with E-state index in [4.69, 9.17) is 21.7 Å². The Kier molecular flexibility index (Phi) is 4.40. The van der Waals surface area contributed by atoms with Gasteiger partial charge in [0.25, 0.3) is 0 Å². The van der Waals surface area contributed by atoms with Gasteiger partial charge >= 0.3 is 0 Å². The van der Waals surface area contributed by atoms with Crippen molar-refractivity contribution in [3.05, 3.63) is 29.8 Å². The zero-order chi connectivity index (χ0) is 17.5. The maximum atomic E-state index is 13.0. The Hall–Kier alpha value is -1.86. The molecule has 0 radical (unpaired) electrons. The van der Waals surface area contributed by atoms with Crippen molar-refractivity contribution < 1.29 is 14.3 Å². The van der Waals surface area contributed by atoms with E-state index in [9.17, 15) is 4.79 Å². The van der Waals surface area contributed by atoms with E-state index in [-0.39, 0.29) is 11.9 Å². The van der Waals surface area contributed by atoms with Gasteiger partial charge in [-0.25, -0.2) is 0 Å². The molecule has 1 aromatic carbocycles. The number of carbonyl (C=O) groups excluding carboxylic acids is 1. The quantitative estimate of drug-likeness (QED) is 0.829. The molecule has 7 heteroatoms. The average molecular weight is 349 g/mol. The molecule has 2 heterocycles. The molecule has 1 amide bonds. The largest absolute Gasteiger partial charge is 0.467 e. The van der Waals surface area contributed by atoms with E-state index in [0.717, 1.165) is 11.3 Å². The summed E-state index contributed by atoms with van der Waals surface area (Å²) >= 11 is 5.56. The van der Waals surface area contributed by atoms with Crippen LogP contribution < -0.4 is 10.1 Å². The Balaban J connectivity index is 2.10. The van der Waals surface area contributed by atoms with Gasteiger partial charge in [0.15, 0.2) is 10.8 Å². The van der Waals surface area contributed by atoms with Crippen molar-refractivity contribution in [3.63, 3.8) is 0 Å². The standard InChI is InChI=1S/C17H23N3O3S/c1-17-13(15(21)19(2)3)14(11-7-5-6-8-12(11)23-17)18-16(24)20(17)9-10-22-4/h5-8,13-14H,9-10H2,1-4H3,(H,18,24)/t13-,14-,17-/m1/s1. The van der Waals surface area contributed by atoms with Crippen LogP contribution >= 0.6 is 12.2 Å². The number of amides is 1. The zero-order valence-electron chi connectivity index (χ0n) is 14.4. The highest BCUT2D eigenvalue weighted by atomic mass is 32.1. The maximum Gasteiger partial charge on any atom is 0.233 e. The molecule has 0 spiro atoms. The lowest BCUT2D eigenvalue weighted by molar-refractivity contribution is -0.162. The van der Waals surface area contributed by atoms with Crippen LogP contribution in [0.3, 0.4) is 0 Å². The summed E-state index contributed by atoms with van der Waals surface area (Å²) in [6.45, 7) is 2.98. The zero-order valence-corrected chi connectivity index (χ0v) is 15.2. The van der Waals surface area contributed by atoms with Crippen molar-refractivity contribution in [2.75, 3.05) is 34.4 Å². The number of rotatable bonds is 4. The normalized spacial score (nSPS) is 27.8. The molecule has 2 bridgehead atoms. The molecular weight excluding hydrogens is 326 g/mol. The lowest BCUT2D eigenvalue weighted by Crippen LogP contribution is -2.72. The fourth-order valence-corrected chi connectivity index (χ4v) is 3.96. The van der Waals surface area contributed by atoms with Gasteiger partial charge in [-0.1, -0.05) is 18.2 Å². The number of carbonyl (C=O) groups is 1. The highest BCUT2D eigenvalue weighted by molar-refractivity contribution is 7.80. The summed E-state index contributed by atoms with van der Waals surface area (Å²) in [4.78, 5) is 16.5.